The molecule has 1 radical (unpaired) electrons. The highest BCUT2D eigenvalue weighted by Gasteiger charge is 2.31. The van der Waals surface area contributed by atoms with Gasteiger partial charge >= 0.3 is 6.03 Å². The summed E-state index contributed by atoms with van der Waals surface area (Å²) < 4.78 is 14.6. The van der Waals surface area contributed by atoms with E-state index < -0.39 is 23.8 Å². The molecular formula is C24H27ClFN4O3. The Bertz CT molecular complexity index is 979. The maximum Gasteiger partial charge on any atom is 0.321 e. The summed E-state index contributed by atoms with van der Waals surface area (Å²) in [7, 11) is 0. The number of piperazine rings is 1. The van der Waals surface area contributed by atoms with Gasteiger partial charge in [0.15, 0.2) is 0 Å². The lowest BCUT2D eigenvalue weighted by Crippen LogP contribution is -2.53. The van der Waals surface area contributed by atoms with Crippen molar-refractivity contribution in [3.63, 3.8) is 0 Å². The number of hydrogen-bond acceptors (Lipinski definition) is 4. The van der Waals surface area contributed by atoms with E-state index in [0.29, 0.717) is 43.2 Å². The zero-order valence-electron chi connectivity index (χ0n) is 18.4. The first-order valence-corrected chi connectivity index (χ1v) is 11.1. The molecule has 0 aromatic heterocycles. The molecule has 1 atom stereocenters. The Kier molecular flexibility index (Phi) is 8.41. The highest BCUT2D eigenvalue weighted by Crippen LogP contribution is 2.26. The van der Waals surface area contributed by atoms with Crippen molar-refractivity contribution in [3.05, 3.63) is 76.9 Å². The van der Waals surface area contributed by atoms with E-state index in [0.717, 1.165) is 10.5 Å². The number of imide groups is 1. The Morgan fingerprint density at radius 3 is 2.30 bits per heavy atom. The Labute approximate surface area is 197 Å². The summed E-state index contributed by atoms with van der Waals surface area (Å²) in [5.74, 6) is -1.01. The fourth-order valence-corrected chi connectivity index (χ4v) is 4.04. The van der Waals surface area contributed by atoms with E-state index in [1.807, 2.05) is 17.0 Å². The molecule has 0 aliphatic carbocycles. The second kappa shape index (κ2) is 11.2. The Morgan fingerprint density at radius 2 is 1.73 bits per heavy atom. The van der Waals surface area contributed by atoms with Gasteiger partial charge in [0.1, 0.15) is 5.82 Å². The van der Waals surface area contributed by atoms with E-state index in [2.05, 4.69) is 0 Å². The summed E-state index contributed by atoms with van der Waals surface area (Å²) >= 11 is 5.89. The second-order valence-corrected chi connectivity index (χ2v) is 8.34. The fraction of sp³-hybridized carbons (Fsp3) is 0.333. The third kappa shape index (κ3) is 6.52. The number of rotatable bonds is 7. The van der Waals surface area contributed by atoms with Crippen LogP contribution in [0.1, 0.15) is 24.1 Å². The minimum absolute atomic E-state index is 0.0672. The van der Waals surface area contributed by atoms with Gasteiger partial charge in [-0.1, -0.05) is 41.9 Å². The van der Waals surface area contributed by atoms with E-state index in [4.69, 9.17) is 17.3 Å². The standard InChI is InChI=1S/C24H27ClFN4O3/c1-17(31)30(24(27)33)16-22(20-4-2-3-5-21(20)26)28-12-14-29(15-13-28)23(32)11-8-18-6-9-19(25)10-7-18/h2-7,9-11,22H,8,12-16H2,1H3,(H2,27,33). The molecule has 175 valence electrons. The minimum atomic E-state index is -0.880. The van der Waals surface area contributed by atoms with Crippen LogP contribution in [0, 0.1) is 12.2 Å². The van der Waals surface area contributed by atoms with Gasteiger partial charge in [0.25, 0.3) is 0 Å². The van der Waals surface area contributed by atoms with Gasteiger partial charge in [-0.05, 0) is 30.2 Å². The first-order chi connectivity index (χ1) is 15.8. The molecule has 1 unspecified atom stereocenters. The maximum absolute atomic E-state index is 14.6. The quantitative estimate of drug-likeness (QED) is 0.669. The van der Waals surface area contributed by atoms with Crippen LogP contribution in [0.15, 0.2) is 48.5 Å². The summed E-state index contributed by atoms with van der Waals surface area (Å²) in [6.45, 7) is 2.99. The van der Waals surface area contributed by atoms with Crippen LogP contribution in [0.5, 0.6) is 0 Å². The van der Waals surface area contributed by atoms with Crippen molar-refractivity contribution in [2.24, 2.45) is 5.73 Å². The number of amides is 4. The third-order valence-corrected chi connectivity index (χ3v) is 6.01. The van der Waals surface area contributed by atoms with Crippen LogP contribution in [0.3, 0.4) is 0 Å². The van der Waals surface area contributed by atoms with Crippen LogP contribution < -0.4 is 5.73 Å². The summed E-state index contributed by atoms with van der Waals surface area (Å²) in [6.07, 6.45) is 2.14. The number of nitrogens with two attached hydrogens (primary N) is 1. The van der Waals surface area contributed by atoms with E-state index in [9.17, 15) is 18.8 Å². The lowest BCUT2D eigenvalue weighted by Gasteiger charge is -2.40. The third-order valence-electron chi connectivity index (χ3n) is 5.76. The van der Waals surface area contributed by atoms with Crippen LogP contribution in [-0.2, 0) is 16.0 Å². The van der Waals surface area contributed by atoms with Gasteiger partial charge in [0.05, 0.1) is 19.0 Å². The molecule has 9 heteroatoms. The van der Waals surface area contributed by atoms with E-state index in [1.54, 1.807) is 41.7 Å². The molecule has 33 heavy (non-hydrogen) atoms. The van der Waals surface area contributed by atoms with Crippen LogP contribution in [0.2, 0.25) is 5.02 Å². The fourth-order valence-electron chi connectivity index (χ4n) is 3.91. The first-order valence-electron chi connectivity index (χ1n) is 10.7. The van der Waals surface area contributed by atoms with Crippen molar-refractivity contribution in [1.82, 2.24) is 14.7 Å². The molecule has 0 saturated carbocycles. The van der Waals surface area contributed by atoms with Gasteiger partial charge in [0.2, 0.25) is 11.8 Å². The lowest BCUT2D eigenvalue weighted by atomic mass is 10.0. The topological polar surface area (TPSA) is 87.0 Å². The molecule has 4 amide bonds. The van der Waals surface area contributed by atoms with Gasteiger partial charge in [-0.25, -0.2) is 9.18 Å². The number of nitrogens with zero attached hydrogens (tertiary/aromatic N) is 3. The zero-order chi connectivity index (χ0) is 24.0. The number of urea groups is 1. The van der Waals surface area contributed by atoms with Crippen molar-refractivity contribution in [2.75, 3.05) is 32.7 Å². The van der Waals surface area contributed by atoms with Crippen molar-refractivity contribution in [3.8, 4) is 0 Å². The van der Waals surface area contributed by atoms with E-state index >= 15 is 0 Å². The number of primary amides is 1. The van der Waals surface area contributed by atoms with Crippen LogP contribution in [-0.4, -0.2) is 65.3 Å². The number of hydrogen-bond donors (Lipinski definition) is 1. The van der Waals surface area contributed by atoms with Gasteiger partial charge in [-0.15, -0.1) is 0 Å². The van der Waals surface area contributed by atoms with Gasteiger partial charge < -0.3 is 10.6 Å². The van der Waals surface area contributed by atoms with Crippen molar-refractivity contribution < 1.29 is 18.8 Å². The van der Waals surface area contributed by atoms with Gasteiger partial charge in [-0.3, -0.25) is 19.4 Å². The van der Waals surface area contributed by atoms with E-state index in [1.165, 1.54) is 13.0 Å². The molecular weight excluding hydrogens is 447 g/mol. The molecule has 7 nitrogen and oxygen atoms in total. The van der Waals surface area contributed by atoms with Crippen LogP contribution in [0.25, 0.3) is 0 Å². The van der Waals surface area contributed by atoms with Crippen LogP contribution in [0.4, 0.5) is 9.18 Å². The molecule has 1 saturated heterocycles. The highest BCUT2D eigenvalue weighted by atomic mass is 35.5. The molecule has 1 fully saturated rings. The molecule has 1 aliphatic heterocycles. The molecule has 0 spiro atoms. The van der Waals surface area contributed by atoms with Crippen molar-refractivity contribution in [2.45, 2.75) is 19.4 Å². The maximum atomic E-state index is 14.6. The molecule has 0 bridgehead atoms. The molecule has 1 aliphatic rings. The average Bonchev–Trinajstić information content (AvgIpc) is 2.79. The predicted octanol–water partition coefficient (Wildman–Crippen LogP) is 3.04. The zero-order valence-corrected chi connectivity index (χ0v) is 19.2. The number of carbonyl (C=O) groups excluding carboxylic acids is 3. The molecule has 2 aromatic carbocycles. The SMILES string of the molecule is CC(=O)N(CC(c1ccccc1F)N1CCN(C(=O)[CH]Cc2ccc(Cl)cc2)CC1)C(N)=O. The van der Waals surface area contributed by atoms with Gasteiger partial charge in [-0.2, -0.15) is 0 Å². The summed E-state index contributed by atoms with van der Waals surface area (Å²) in [5, 5.41) is 0.644. The second-order valence-electron chi connectivity index (χ2n) is 7.90. The summed E-state index contributed by atoms with van der Waals surface area (Å²) in [4.78, 5) is 41.0. The van der Waals surface area contributed by atoms with E-state index in [-0.39, 0.29) is 12.5 Å². The summed E-state index contributed by atoms with van der Waals surface area (Å²) in [6, 6.07) is 12.1. The number of halogens is 2. The molecule has 2 N–H and O–H groups in total. The lowest BCUT2D eigenvalue weighted by molar-refractivity contribution is -0.129. The largest absolute Gasteiger partial charge is 0.351 e. The molecule has 3 rings (SSSR count). The Morgan fingerprint density at radius 1 is 1.09 bits per heavy atom. The van der Waals surface area contributed by atoms with Crippen molar-refractivity contribution in [1.29, 1.82) is 0 Å². The number of carbonyl (C=O) groups is 3. The first kappa shape index (κ1) is 24.7. The Hall–Kier alpha value is -2.97. The molecule has 2 aromatic rings. The molecule has 1 heterocycles. The highest BCUT2D eigenvalue weighted by molar-refractivity contribution is 6.30. The smallest absolute Gasteiger partial charge is 0.321 e. The minimum Gasteiger partial charge on any atom is -0.351 e. The monoisotopic (exact) mass is 473 g/mol. The predicted molar refractivity (Wildman–Crippen MR) is 124 cm³/mol. The summed E-state index contributed by atoms with van der Waals surface area (Å²) in [5.41, 5.74) is 6.73. The average molecular weight is 474 g/mol. The number of benzene rings is 2. The van der Waals surface area contributed by atoms with Crippen LogP contribution >= 0.6 is 11.6 Å². The normalized spacial score (nSPS) is 15.2. The Balaban J connectivity index is 1.65. The van der Waals surface area contributed by atoms with Gasteiger partial charge in [0, 0.05) is 43.7 Å². The van der Waals surface area contributed by atoms with Crippen molar-refractivity contribution >= 4 is 29.4 Å².